The van der Waals surface area contributed by atoms with Gasteiger partial charge in [0, 0.05) is 32.9 Å². The zero-order chi connectivity index (χ0) is 19.6. The molecule has 0 spiro atoms. The van der Waals surface area contributed by atoms with Crippen molar-refractivity contribution in [2.24, 2.45) is 0 Å². The van der Waals surface area contributed by atoms with Crippen LogP contribution in [0.3, 0.4) is 0 Å². The summed E-state index contributed by atoms with van der Waals surface area (Å²) in [7, 11) is 1.85. The molecule has 2 fully saturated rings. The first-order chi connectivity index (χ1) is 12.8. The SMILES string of the molecule is CC(=O)OC1CC(N2CCCC2)C(N(C)C(=O)Cc2ccc(Cl)c(Cl)c2)C1. The molecule has 0 radical (unpaired) electrons. The van der Waals surface area contributed by atoms with Gasteiger partial charge in [0.2, 0.25) is 5.91 Å². The van der Waals surface area contributed by atoms with E-state index in [0.717, 1.165) is 25.1 Å². The Morgan fingerprint density at radius 2 is 1.89 bits per heavy atom. The molecular formula is C20H26Cl2N2O3. The average molecular weight is 413 g/mol. The normalized spacial score (nSPS) is 25.6. The predicted molar refractivity (Wildman–Crippen MR) is 106 cm³/mol. The topological polar surface area (TPSA) is 49.9 Å². The van der Waals surface area contributed by atoms with Gasteiger partial charge in [-0.2, -0.15) is 0 Å². The summed E-state index contributed by atoms with van der Waals surface area (Å²) in [6.45, 7) is 3.53. The third-order valence-electron chi connectivity index (χ3n) is 5.63. The van der Waals surface area contributed by atoms with E-state index in [0.29, 0.717) is 16.5 Å². The van der Waals surface area contributed by atoms with Gasteiger partial charge >= 0.3 is 5.97 Å². The van der Waals surface area contributed by atoms with Gasteiger partial charge in [-0.15, -0.1) is 0 Å². The van der Waals surface area contributed by atoms with Crippen molar-refractivity contribution in [1.29, 1.82) is 0 Å². The Labute approximate surface area is 170 Å². The van der Waals surface area contributed by atoms with Gasteiger partial charge in [-0.25, -0.2) is 0 Å². The van der Waals surface area contributed by atoms with Crippen molar-refractivity contribution in [2.45, 2.75) is 57.2 Å². The summed E-state index contributed by atoms with van der Waals surface area (Å²) in [5, 5.41) is 0.936. The maximum Gasteiger partial charge on any atom is 0.302 e. The monoisotopic (exact) mass is 412 g/mol. The van der Waals surface area contributed by atoms with Gasteiger partial charge in [-0.3, -0.25) is 14.5 Å². The third kappa shape index (κ3) is 4.95. The molecule has 1 heterocycles. The number of rotatable bonds is 5. The molecule has 148 valence electrons. The minimum absolute atomic E-state index is 0.0334. The molecule has 7 heteroatoms. The molecule has 27 heavy (non-hydrogen) atoms. The molecule has 1 aromatic carbocycles. The quantitative estimate of drug-likeness (QED) is 0.693. The van der Waals surface area contributed by atoms with E-state index >= 15 is 0 Å². The molecule has 1 amide bonds. The highest BCUT2D eigenvalue weighted by atomic mass is 35.5. The van der Waals surface area contributed by atoms with Crippen molar-refractivity contribution in [3.8, 4) is 0 Å². The Kier molecular flexibility index (Phi) is 6.66. The van der Waals surface area contributed by atoms with E-state index in [1.165, 1.54) is 19.8 Å². The first kappa shape index (κ1) is 20.4. The molecule has 1 aromatic rings. The summed E-state index contributed by atoms with van der Waals surface area (Å²) in [6, 6.07) is 5.56. The van der Waals surface area contributed by atoms with Crippen molar-refractivity contribution in [3.05, 3.63) is 33.8 Å². The van der Waals surface area contributed by atoms with Crippen molar-refractivity contribution in [2.75, 3.05) is 20.1 Å². The molecule has 1 saturated carbocycles. The fourth-order valence-corrected chi connectivity index (χ4v) is 4.62. The Hall–Kier alpha value is -1.30. The zero-order valence-electron chi connectivity index (χ0n) is 15.8. The molecule has 1 aliphatic carbocycles. The minimum Gasteiger partial charge on any atom is -0.462 e. The lowest BCUT2D eigenvalue weighted by Crippen LogP contribution is -2.49. The molecule has 1 saturated heterocycles. The number of likely N-dealkylation sites (N-methyl/N-ethyl adjacent to an activating group) is 1. The first-order valence-electron chi connectivity index (χ1n) is 9.46. The van der Waals surface area contributed by atoms with Crippen LogP contribution in [0, 0.1) is 0 Å². The standard InChI is InChI=1S/C20H26Cl2N2O3/c1-13(25)27-15-11-18(19(12-15)24-7-3-4-8-24)23(2)20(26)10-14-5-6-16(21)17(22)9-14/h5-6,9,15,18-19H,3-4,7-8,10-12H2,1-2H3. The Morgan fingerprint density at radius 1 is 1.19 bits per heavy atom. The van der Waals surface area contributed by atoms with Crippen LogP contribution in [-0.4, -0.2) is 60.0 Å². The van der Waals surface area contributed by atoms with Gasteiger partial charge in [0.25, 0.3) is 0 Å². The van der Waals surface area contributed by atoms with Crippen molar-refractivity contribution in [1.82, 2.24) is 9.80 Å². The smallest absolute Gasteiger partial charge is 0.302 e. The molecule has 1 aliphatic heterocycles. The predicted octanol–water partition coefficient (Wildman–Crippen LogP) is 3.55. The van der Waals surface area contributed by atoms with Gasteiger partial charge in [-0.1, -0.05) is 29.3 Å². The Bertz CT molecular complexity index is 706. The lowest BCUT2D eigenvalue weighted by Gasteiger charge is -2.34. The molecular weight excluding hydrogens is 387 g/mol. The lowest BCUT2D eigenvalue weighted by atomic mass is 10.1. The molecule has 0 N–H and O–H groups in total. The summed E-state index contributed by atoms with van der Waals surface area (Å²) >= 11 is 12.0. The second-order valence-corrected chi connectivity index (χ2v) is 8.32. The van der Waals surface area contributed by atoms with E-state index in [1.807, 2.05) is 18.0 Å². The molecule has 3 atom stereocenters. The fourth-order valence-electron chi connectivity index (χ4n) is 4.30. The number of amides is 1. The molecule has 2 aliphatic rings. The lowest BCUT2D eigenvalue weighted by molar-refractivity contribution is -0.146. The third-order valence-corrected chi connectivity index (χ3v) is 6.36. The number of hydrogen-bond donors (Lipinski definition) is 0. The number of carbonyl (C=O) groups excluding carboxylic acids is 2. The van der Waals surface area contributed by atoms with Crippen LogP contribution in [0.4, 0.5) is 0 Å². The van der Waals surface area contributed by atoms with Gasteiger partial charge < -0.3 is 9.64 Å². The van der Waals surface area contributed by atoms with Crippen molar-refractivity contribution >= 4 is 35.1 Å². The van der Waals surface area contributed by atoms with E-state index < -0.39 is 0 Å². The van der Waals surface area contributed by atoms with E-state index in [2.05, 4.69) is 4.90 Å². The highest BCUT2D eigenvalue weighted by Gasteiger charge is 2.43. The van der Waals surface area contributed by atoms with Crippen LogP contribution in [0.2, 0.25) is 10.0 Å². The number of nitrogens with zero attached hydrogens (tertiary/aromatic N) is 2. The van der Waals surface area contributed by atoms with Gasteiger partial charge in [-0.05, 0) is 43.6 Å². The summed E-state index contributed by atoms with van der Waals surface area (Å²) in [5.74, 6) is -0.225. The van der Waals surface area contributed by atoms with Crippen LogP contribution in [-0.2, 0) is 20.7 Å². The summed E-state index contributed by atoms with van der Waals surface area (Å²) in [6.07, 6.45) is 3.98. The molecule has 0 bridgehead atoms. The molecule has 0 aromatic heterocycles. The minimum atomic E-state index is -0.259. The number of halogens is 2. The van der Waals surface area contributed by atoms with Crippen LogP contribution in [0.15, 0.2) is 18.2 Å². The second kappa shape index (κ2) is 8.80. The Balaban J connectivity index is 1.70. The Morgan fingerprint density at radius 3 is 2.52 bits per heavy atom. The summed E-state index contributed by atoms with van der Waals surface area (Å²) < 4.78 is 5.47. The second-order valence-electron chi connectivity index (χ2n) is 7.51. The van der Waals surface area contributed by atoms with Gasteiger partial charge in [0.05, 0.1) is 22.5 Å². The molecule has 3 unspecified atom stereocenters. The maximum atomic E-state index is 12.9. The van der Waals surface area contributed by atoms with Crippen LogP contribution >= 0.6 is 23.2 Å². The number of hydrogen-bond acceptors (Lipinski definition) is 4. The van der Waals surface area contributed by atoms with E-state index in [1.54, 1.807) is 12.1 Å². The summed E-state index contributed by atoms with van der Waals surface area (Å²) in [4.78, 5) is 28.6. The molecule has 3 rings (SSSR count). The average Bonchev–Trinajstić information content (AvgIpc) is 3.26. The summed E-state index contributed by atoms with van der Waals surface area (Å²) in [5.41, 5.74) is 0.841. The van der Waals surface area contributed by atoms with Crippen LogP contribution in [0.25, 0.3) is 0 Å². The zero-order valence-corrected chi connectivity index (χ0v) is 17.3. The van der Waals surface area contributed by atoms with E-state index in [4.69, 9.17) is 27.9 Å². The van der Waals surface area contributed by atoms with E-state index in [9.17, 15) is 9.59 Å². The fraction of sp³-hybridized carbons (Fsp3) is 0.600. The molecule has 5 nitrogen and oxygen atoms in total. The van der Waals surface area contributed by atoms with E-state index in [-0.39, 0.29) is 36.5 Å². The van der Waals surface area contributed by atoms with Gasteiger partial charge in [0.15, 0.2) is 0 Å². The van der Waals surface area contributed by atoms with Crippen LogP contribution in [0.1, 0.15) is 38.2 Å². The number of esters is 1. The largest absolute Gasteiger partial charge is 0.462 e. The number of ether oxygens (including phenoxy) is 1. The van der Waals surface area contributed by atoms with Crippen molar-refractivity contribution < 1.29 is 14.3 Å². The van der Waals surface area contributed by atoms with Crippen LogP contribution in [0.5, 0.6) is 0 Å². The number of benzene rings is 1. The first-order valence-corrected chi connectivity index (χ1v) is 10.2. The number of carbonyl (C=O) groups is 2. The highest BCUT2D eigenvalue weighted by Crippen LogP contribution is 2.33. The van der Waals surface area contributed by atoms with Crippen LogP contribution < -0.4 is 0 Å². The highest BCUT2D eigenvalue weighted by molar-refractivity contribution is 6.42. The van der Waals surface area contributed by atoms with Crippen molar-refractivity contribution in [3.63, 3.8) is 0 Å². The number of likely N-dealkylation sites (tertiary alicyclic amines) is 1. The maximum absolute atomic E-state index is 12.9. The van der Waals surface area contributed by atoms with Gasteiger partial charge in [0.1, 0.15) is 6.10 Å².